The second kappa shape index (κ2) is 4.66. The summed E-state index contributed by atoms with van der Waals surface area (Å²) >= 11 is 0. The van der Waals surface area contributed by atoms with Crippen LogP contribution in [0.2, 0.25) is 0 Å². The second-order valence-electron chi connectivity index (χ2n) is 4.21. The van der Waals surface area contributed by atoms with Gasteiger partial charge in [-0.25, -0.2) is 8.42 Å². The monoisotopic (exact) mass is 254 g/mol. The van der Waals surface area contributed by atoms with E-state index in [0.29, 0.717) is 11.4 Å². The highest BCUT2D eigenvalue weighted by Crippen LogP contribution is 2.31. The first-order chi connectivity index (χ1) is 8.09. The van der Waals surface area contributed by atoms with E-state index < -0.39 is 10.0 Å². The molecule has 4 nitrogen and oxygen atoms in total. The lowest BCUT2D eigenvalue weighted by atomic mass is 10.3. The lowest BCUT2D eigenvalue weighted by Crippen LogP contribution is -2.32. The van der Waals surface area contributed by atoms with Crippen LogP contribution in [0.25, 0.3) is 0 Å². The lowest BCUT2D eigenvalue weighted by molar-refractivity contribution is 0.421. The van der Waals surface area contributed by atoms with Gasteiger partial charge in [0.2, 0.25) is 10.0 Å². The Bertz CT molecular complexity index is 478. The third-order valence-corrected chi connectivity index (χ3v) is 5.06. The predicted molar refractivity (Wildman–Crippen MR) is 68.6 cm³/mol. The van der Waals surface area contributed by atoms with Gasteiger partial charge in [-0.3, -0.25) is 0 Å². The van der Waals surface area contributed by atoms with Crippen molar-refractivity contribution in [2.45, 2.75) is 30.7 Å². The molecule has 0 unspecified atom stereocenters. The van der Waals surface area contributed by atoms with Crippen molar-refractivity contribution in [3.05, 3.63) is 24.3 Å². The summed E-state index contributed by atoms with van der Waals surface area (Å²) in [7, 11) is -1.50. The highest BCUT2D eigenvalue weighted by molar-refractivity contribution is 7.89. The van der Waals surface area contributed by atoms with Crippen molar-refractivity contribution >= 4 is 15.7 Å². The smallest absolute Gasteiger partial charge is 0.243 e. The molecule has 0 heterocycles. The third-order valence-electron chi connectivity index (χ3n) is 3.02. The summed E-state index contributed by atoms with van der Waals surface area (Å²) in [5, 5.41) is 2.98. The molecule has 1 aliphatic rings. The average Bonchev–Trinajstić information content (AvgIpc) is 3.14. The number of benzene rings is 1. The Labute approximate surface area is 103 Å². The van der Waals surface area contributed by atoms with Crippen molar-refractivity contribution < 1.29 is 8.42 Å². The van der Waals surface area contributed by atoms with Gasteiger partial charge >= 0.3 is 0 Å². The molecule has 0 bridgehead atoms. The zero-order valence-electron chi connectivity index (χ0n) is 10.2. The Morgan fingerprint density at radius 3 is 2.29 bits per heavy atom. The van der Waals surface area contributed by atoms with Crippen LogP contribution >= 0.6 is 0 Å². The minimum atomic E-state index is -3.31. The van der Waals surface area contributed by atoms with E-state index in [0.717, 1.165) is 18.5 Å². The Morgan fingerprint density at radius 1 is 1.29 bits per heavy atom. The minimum Gasteiger partial charge on any atom is -0.388 e. The highest BCUT2D eigenvalue weighted by Gasteiger charge is 2.36. The molecule has 1 aromatic carbocycles. The van der Waals surface area contributed by atoms with E-state index in [1.54, 1.807) is 28.6 Å². The van der Waals surface area contributed by atoms with Gasteiger partial charge in [0, 0.05) is 25.3 Å². The van der Waals surface area contributed by atoms with Gasteiger partial charge in [-0.05, 0) is 37.1 Å². The summed E-state index contributed by atoms with van der Waals surface area (Å²) < 4.78 is 26.3. The Kier molecular flexibility index (Phi) is 3.40. The summed E-state index contributed by atoms with van der Waals surface area (Å²) in [5.74, 6) is 0. The largest absolute Gasteiger partial charge is 0.388 e. The standard InChI is InChI=1S/C12H18N2O2S/c1-3-14(11-6-7-11)17(15,16)12-8-4-10(13-2)5-9-12/h4-5,8-9,11,13H,3,6-7H2,1-2H3. The summed E-state index contributed by atoms with van der Waals surface area (Å²) in [6.07, 6.45) is 1.98. The van der Waals surface area contributed by atoms with Crippen molar-refractivity contribution in [3.63, 3.8) is 0 Å². The molecule has 0 saturated heterocycles. The van der Waals surface area contributed by atoms with Crippen molar-refractivity contribution in [2.24, 2.45) is 0 Å². The van der Waals surface area contributed by atoms with E-state index in [1.807, 2.05) is 14.0 Å². The minimum absolute atomic E-state index is 0.217. The molecule has 1 N–H and O–H groups in total. The Balaban J connectivity index is 2.29. The summed E-state index contributed by atoms with van der Waals surface area (Å²) in [4.78, 5) is 0.380. The van der Waals surface area contributed by atoms with Gasteiger partial charge < -0.3 is 5.32 Å². The lowest BCUT2D eigenvalue weighted by Gasteiger charge is -2.20. The maximum Gasteiger partial charge on any atom is 0.243 e. The molecular weight excluding hydrogens is 236 g/mol. The highest BCUT2D eigenvalue weighted by atomic mass is 32.2. The van der Waals surface area contributed by atoms with Crippen molar-refractivity contribution in [1.82, 2.24) is 4.31 Å². The van der Waals surface area contributed by atoms with Gasteiger partial charge in [0.1, 0.15) is 0 Å². The van der Waals surface area contributed by atoms with E-state index in [9.17, 15) is 8.42 Å². The third kappa shape index (κ3) is 2.45. The molecule has 0 aliphatic heterocycles. The van der Waals surface area contributed by atoms with Crippen LogP contribution in [0.4, 0.5) is 5.69 Å². The van der Waals surface area contributed by atoms with Crippen molar-refractivity contribution in [1.29, 1.82) is 0 Å². The Hall–Kier alpha value is -1.07. The maximum atomic E-state index is 12.4. The zero-order valence-corrected chi connectivity index (χ0v) is 11.0. The summed E-state index contributed by atoms with van der Waals surface area (Å²) in [6.45, 7) is 2.43. The molecule has 94 valence electrons. The van der Waals surface area contributed by atoms with E-state index >= 15 is 0 Å². The molecule has 0 amide bonds. The van der Waals surface area contributed by atoms with Crippen LogP contribution in [0.5, 0.6) is 0 Å². The predicted octanol–water partition coefficient (Wildman–Crippen LogP) is 1.90. The SMILES string of the molecule is CCN(C1CC1)S(=O)(=O)c1ccc(NC)cc1. The fourth-order valence-electron chi connectivity index (χ4n) is 1.92. The van der Waals surface area contributed by atoms with Gasteiger partial charge in [-0.15, -0.1) is 0 Å². The van der Waals surface area contributed by atoms with Crippen LogP contribution in [0.15, 0.2) is 29.2 Å². The first-order valence-electron chi connectivity index (χ1n) is 5.89. The molecule has 1 fully saturated rings. The van der Waals surface area contributed by atoms with E-state index in [2.05, 4.69) is 5.32 Å². The first-order valence-corrected chi connectivity index (χ1v) is 7.33. The number of hydrogen-bond donors (Lipinski definition) is 1. The van der Waals surface area contributed by atoms with E-state index in [-0.39, 0.29) is 6.04 Å². The number of sulfonamides is 1. The van der Waals surface area contributed by atoms with Crippen LogP contribution in [0.1, 0.15) is 19.8 Å². The van der Waals surface area contributed by atoms with E-state index in [1.165, 1.54) is 0 Å². The van der Waals surface area contributed by atoms with Crippen LogP contribution in [0, 0.1) is 0 Å². The molecule has 0 spiro atoms. The summed E-state index contributed by atoms with van der Waals surface area (Å²) in [5.41, 5.74) is 0.915. The topological polar surface area (TPSA) is 49.4 Å². The van der Waals surface area contributed by atoms with Crippen LogP contribution in [0.3, 0.4) is 0 Å². The van der Waals surface area contributed by atoms with Gasteiger partial charge in [-0.1, -0.05) is 6.92 Å². The average molecular weight is 254 g/mol. The quantitative estimate of drug-likeness (QED) is 0.873. The number of anilines is 1. The van der Waals surface area contributed by atoms with Crippen molar-refractivity contribution in [3.8, 4) is 0 Å². The fraction of sp³-hybridized carbons (Fsp3) is 0.500. The van der Waals surface area contributed by atoms with Gasteiger partial charge in [0.25, 0.3) is 0 Å². The van der Waals surface area contributed by atoms with Gasteiger partial charge in [0.15, 0.2) is 0 Å². The second-order valence-corrected chi connectivity index (χ2v) is 6.10. The molecular formula is C12H18N2O2S. The number of rotatable bonds is 5. The first kappa shape index (κ1) is 12.4. The number of nitrogens with zero attached hydrogens (tertiary/aromatic N) is 1. The maximum absolute atomic E-state index is 12.4. The Morgan fingerprint density at radius 2 is 1.88 bits per heavy atom. The molecule has 2 rings (SSSR count). The van der Waals surface area contributed by atoms with Crippen molar-refractivity contribution in [2.75, 3.05) is 18.9 Å². The zero-order chi connectivity index (χ0) is 12.5. The molecule has 0 atom stereocenters. The van der Waals surface area contributed by atoms with Crippen LogP contribution in [-0.4, -0.2) is 32.4 Å². The molecule has 5 heteroatoms. The summed E-state index contributed by atoms with van der Waals surface area (Å²) in [6, 6.07) is 7.11. The molecule has 1 saturated carbocycles. The van der Waals surface area contributed by atoms with Gasteiger partial charge in [0.05, 0.1) is 4.90 Å². The molecule has 1 aliphatic carbocycles. The normalized spacial score (nSPS) is 16.2. The number of hydrogen-bond acceptors (Lipinski definition) is 3. The van der Waals surface area contributed by atoms with Crippen LogP contribution < -0.4 is 5.32 Å². The van der Waals surface area contributed by atoms with Crippen LogP contribution in [-0.2, 0) is 10.0 Å². The molecule has 0 radical (unpaired) electrons. The number of nitrogens with one attached hydrogen (secondary N) is 1. The molecule has 0 aromatic heterocycles. The molecule has 1 aromatic rings. The fourth-order valence-corrected chi connectivity index (χ4v) is 3.61. The van der Waals surface area contributed by atoms with E-state index in [4.69, 9.17) is 0 Å². The molecule has 17 heavy (non-hydrogen) atoms. The van der Waals surface area contributed by atoms with Gasteiger partial charge in [-0.2, -0.15) is 4.31 Å².